The second-order valence-electron chi connectivity index (χ2n) is 3.82. The van der Waals surface area contributed by atoms with Crippen molar-refractivity contribution in [2.45, 2.75) is 13.0 Å². The molecule has 8 heteroatoms. The lowest BCUT2D eigenvalue weighted by Crippen LogP contribution is -2.53. The van der Waals surface area contributed by atoms with Gasteiger partial charge >= 0.3 is 0 Å². The lowest BCUT2D eigenvalue weighted by Gasteiger charge is -2.32. The van der Waals surface area contributed by atoms with E-state index in [1.165, 1.54) is 4.31 Å². The third-order valence-electron chi connectivity index (χ3n) is 2.16. The third kappa shape index (κ3) is 3.71. The highest BCUT2D eigenvalue weighted by atomic mass is 32.3. The fourth-order valence-corrected chi connectivity index (χ4v) is 5.27. The molecule has 0 aromatic carbocycles. The van der Waals surface area contributed by atoms with Gasteiger partial charge in [-0.1, -0.05) is 0 Å². The predicted molar refractivity (Wildman–Crippen MR) is 57.7 cm³/mol. The van der Waals surface area contributed by atoms with Crippen LogP contribution in [-0.2, 0) is 19.9 Å². The molecule has 1 rings (SSSR count). The van der Waals surface area contributed by atoms with Crippen LogP contribution in [0.15, 0.2) is 0 Å². The van der Waals surface area contributed by atoms with E-state index in [0.29, 0.717) is 19.6 Å². The maximum atomic E-state index is 11.7. The van der Waals surface area contributed by atoms with Gasteiger partial charge in [-0.2, -0.15) is 4.31 Å². The second-order valence-corrected chi connectivity index (χ2v) is 8.25. The molecule has 1 aliphatic rings. The van der Waals surface area contributed by atoms with Gasteiger partial charge in [-0.25, -0.2) is 16.8 Å². The zero-order valence-electron chi connectivity index (χ0n) is 8.80. The lowest BCUT2D eigenvalue weighted by atomic mass is 10.3. The van der Waals surface area contributed by atoms with E-state index in [1.54, 1.807) is 6.92 Å². The summed E-state index contributed by atoms with van der Waals surface area (Å²) in [7, 11) is -7.19. The molecular formula is C7H16N2O4S2. The maximum absolute atomic E-state index is 11.7. The van der Waals surface area contributed by atoms with Crippen molar-refractivity contribution in [2.24, 2.45) is 0 Å². The first-order valence-corrected chi connectivity index (χ1v) is 8.27. The van der Waals surface area contributed by atoms with E-state index >= 15 is 0 Å². The molecule has 0 amide bonds. The SMILES string of the molecule is C[C@H]1CNCCN1S(=O)(=O)CS(C)(=O)=O. The summed E-state index contributed by atoms with van der Waals surface area (Å²) in [5.41, 5.74) is 0. The van der Waals surface area contributed by atoms with Crippen LogP contribution in [0.1, 0.15) is 6.92 Å². The van der Waals surface area contributed by atoms with Crippen molar-refractivity contribution in [1.82, 2.24) is 9.62 Å². The molecular weight excluding hydrogens is 240 g/mol. The van der Waals surface area contributed by atoms with Gasteiger partial charge in [-0.05, 0) is 6.92 Å². The Hall–Kier alpha value is -0.180. The van der Waals surface area contributed by atoms with E-state index < -0.39 is 24.9 Å². The van der Waals surface area contributed by atoms with E-state index in [1.807, 2.05) is 0 Å². The topological polar surface area (TPSA) is 83.6 Å². The quantitative estimate of drug-likeness (QED) is 0.672. The van der Waals surface area contributed by atoms with Gasteiger partial charge in [-0.3, -0.25) is 0 Å². The average Bonchev–Trinajstić information content (AvgIpc) is 1.99. The summed E-state index contributed by atoms with van der Waals surface area (Å²) in [4.78, 5) is 0. The molecule has 15 heavy (non-hydrogen) atoms. The Morgan fingerprint density at radius 3 is 2.40 bits per heavy atom. The molecule has 1 atom stereocenters. The van der Waals surface area contributed by atoms with Crippen LogP contribution in [0.25, 0.3) is 0 Å². The molecule has 1 heterocycles. The highest BCUT2D eigenvalue weighted by molar-refractivity contribution is 8.06. The van der Waals surface area contributed by atoms with E-state index in [-0.39, 0.29) is 6.04 Å². The summed E-state index contributed by atoms with van der Waals surface area (Å²) in [6.07, 6.45) is 0.928. The molecule has 0 spiro atoms. The molecule has 0 aliphatic carbocycles. The maximum Gasteiger partial charge on any atom is 0.228 e. The fraction of sp³-hybridized carbons (Fsp3) is 1.00. The van der Waals surface area contributed by atoms with Gasteiger partial charge in [0.2, 0.25) is 10.0 Å². The molecule has 0 bridgehead atoms. The van der Waals surface area contributed by atoms with Crippen LogP contribution < -0.4 is 5.32 Å². The largest absolute Gasteiger partial charge is 0.314 e. The Morgan fingerprint density at radius 1 is 1.33 bits per heavy atom. The molecule has 1 saturated heterocycles. The zero-order chi connectivity index (χ0) is 11.7. The number of rotatable bonds is 3. The monoisotopic (exact) mass is 256 g/mol. The number of hydrogen-bond acceptors (Lipinski definition) is 5. The van der Waals surface area contributed by atoms with Crippen molar-refractivity contribution in [1.29, 1.82) is 0 Å². The summed E-state index contributed by atoms with van der Waals surface area (Å²) in [5.74, 6) is 0. The number of sulfone groups is 1. The van der Waals surface area contributed by atoms with Crippen LogP contribution in [0.4, 0.5) is 0 Å². The molecule has 0 unspecified atom stereocenters. The first kappa shape index (κ1) is 12.9. The van der Waals surface area contributed by atoms with Crippen molar-refractivity contribution in [3.63, 3.8) is 0 Å². The van der Waals surface area contributed by atoms with Crippen LogP contribution in [0.2, 0.25) is 0 Å². The standard InChI is InChI=1S/C7H16N2O4S2/c1-7-5-8-3-4-9(7)15(12,13)6-14(2,10)11/h7-8H,3-6H2,1-2H3/t7-/m0/s1. The van der Waals surface area contributed by atoms with Crippen LogP contribution in [0, 0.1) is 0 Å². The Labute approximate surface area is 90.6 Å². The van der Waals surface area contributed by atoms with Gasteiger partial charge in [-0.15, -0.1) is 0 Å². The summed E-state index contributed by atoms with van der Waals surface area (Å²) < 4.78 is 46.7. The van der Waals surface area contributed by atoms with E-state index in [9.17, 15) is 16.8 Å². The lowest BCUT2D eigenvalue weighted by molar-refractivity contribution is 0.285. The highest BCUT2D eigenvalue weighted by Crippen LogP contribution is 2.11. The van der Waals surface area contributed by atoms with Gasteiger partial charge < -0.3 is 5.32 Å². The minimum absolute atomic E-state index is 0.189. The Balaban J connectivity index is 2.85. The number of piperazine rings is 1. The van der Waals surface area contributed by atoms with Gasteiger partial charge in [0.25, 0.3) is 0 Å². The van der Waals surface area contributed by atoms with Gasteiger partial charge in [0.1, 0.15) is 0 Å². The second kappa shape index (κ2) is 4.36. The number of hydrogen-bond donors (Lipinski definition) is 1. The minimum Gasteiger partial charge on any atom is -0.314 e. The van der Waals surface area contributed by atoms with Gasteiger partial charge in [0, 0.05) is 31.9 Å². The van der Waals surface area contributed by atoms with E-state index in [2.05, 4.69) is 5.32 Å². The fourth-order valence-electron chi connectivity index (χ4n) is 1.57. The van der Waals surface area contributed by atoms with Crippen molar-refractivity contribution < 1.29 is 16.8 Å². The summed E-state index contributed by atoms with van der Waals surface area (Å²) in [5, 5.41) is 2.24. The van der Waals surface area contributed by atoms with Crippen LogP contribution >= 0.6 is 0 Å². The van der Waals surface area contributed by atoms with Crippen LogP contribution in [0.5, 0.6) is 0 Å². The number of sulfonamides is 1. The third-order valence-corrected chi connectivity index (χ3v) is 6.32. The van der Waals surface area contributed by atoms with Crippen molar-refractivity contribution in [3.8, 4) is 0 Å². The van der Waals surface area contributed by atoms with E-state index in [4.69, 9.17) is 0 Å². The Bertz CT molecular complexity index is 414. The predicted octanol–water partition coefficient (Wildman–Crippen LogP) is -1.39. The molecule has 1 aliphatic heterocycles. The summed E-state index contributed by atoms with van der Waals surface area (Å²) in [6.45, 7) is 3.21. The number of nitrogens with zero attached hydrogens (tertiary/aromatic N) is 1. The molecule has 90 valence electrons. The first-order chi connectivity index (χ1) is 6.72. The minimum atomic E-state index is -3.68. The van der Waals surface area contributed by atoms with E-state index in [0.717, 1.165) is 6.26 Å². The Kier molecular flexibility index (Phi) is 3.75. The average molecular weight is 256 g/mol. The van der Waals surface area contributed by atoms with Gasteiger partial charge in [0.05, 0.1) is 0 Å². The van der Waals surface area contributed by atoms with Gasteiger partial charge in [0.15, 0.2) is 14.9 Å². The van der Waals surface area contributed by atoms with Crippen LogP contribution in [-0.4, -0.2) is 58.2 Å². The Morgan fingerprint density at radius 2 is 1.93 bits per heavy atom. The zero-order valence-corrected chi connectivity index (χ0v) is 10.4. The summed E-state index contributed by atoms with van der Waals surface area (Å²) >= 11 is 0. The van der Waals surface area contributed by atoms with Crippen LogP contribution in [0.3, 0.4) is 0 Å². The molecule has 0 aromatic heterocycles. The molecule has 0 aromatic rings. The molecule has 1 fully saturated rings. The smallest absolute Gasteiger partial charge is 0.228 e. The summed E-state index contributed by atoms with van der Waals surface area (Å²) in [6, 6.07) is -0.189. The number of nitrogens with one attached hydrogen (secondary N) is 1. The molecule has 6 nitrogen and oxygen atoms in total. The first-order valence-electron chi connectivity index (χ1n) is 4.60. The van der Waals surface area contributed by atoms with Crippen molar-refractivity contribution in [3.05, 3.63) is 0 Å². The highest BCUT2D eigenvalue weighted by Gasteiger charge is 2.31. The van der Waals surface area contributed by atoms with Crippen molar-refractivity contribution >= 4 is 19.9 Å². The normalized spacial score (nSPS) is 25.3. The van der Waals surface area contributed by atoms with Crippen molar-refractivity contribution in [2.75, 3.05) is 31.0 Å². The molecule has 0 saturated carbocycles. The molecule has 1 N–H and O–H groups in total. The molecule has 0 radical (unpaired) electrons.